The van der Waals surface area contributed by atoms with E-state index in [1.807, 2.05) is 0 Å². The van der Waals surface area contributed by atoms with Crippen LogP contribution in [-0.2, 0) is 14.3 Å². The van der Waals surface area contributed by atoms with Gasteiger partial charge in [0.25, 0.3) is 5.91 Å². The lowest BCUT2D eigenvalue weighted by Crippen LogP contribution is -2.74. The number of alkyl halides is 15. The van der Waals surface area contributed by atoms with Crippen molar-refractivity contribution in [2.75, 3.05) is 6.61 Å². The number of nitrogens with one attached hydrogen (secondary N) is 1. The molecule has 0 aromatic rings. The largest absolute Gasteiger partial charge is 0.464 e. The predicted molar refractivity (Wildman–Crippen MR) is 144 cm³/mol. The second kappa shape index (κ2) is 18.8. The Kier molecular flexibility index (Phi) is 17.9. The summed E-state index contributed by atoms with van der Waals surface area (Å²) < 4.78 is 204. The zero-order valence-corrected chi connectivity index (χ0v) is 26.5. The number of halogens is 15. The molecule has 0 radical (unpaired) electrons. The summed E-state index contributed by atoms with van der Waals surface area (Å²) in [5, 5.41) is 0.712. The van der Waals surface area contributed by atoms with E-state index in [-0.39, 0.29) is 13.0 Å². The summed E-state index contributed by atoms with van der Waals surface area (Å²) in [6.07, 6.45) is 8.66. The van der Waals surface area contributed by atoms with Gasteiger partial charge in [-0.2, -0.15) is 65.9 Å². The van der Waals surface area contributed by atoms with Gasteiger partial charge in [-0.1, -0.05) is 103 Å². The SMILES string of the molecule is CCCCCCCCCCCCCCCCCCOC(=O)C(C)NC(=O)C(F)(F)C(F)(F)C(F)(F)C(F)(F)C(F)(F)C(F)(F)C(F)(F)F. The molecule has 0 saturated carbocycles. The maximum atomic E-state index is 14.0. The molecule has 19 heteroatoms. The number of hydrogen-bond acceptors (Lipinski definition) is 3. The number of ether oxygens (including phenoxy) is 1. The van der Waals surface area contributed by atoms with Crippen LogP contribution in [0.5, 0.6) is 0 Å². The minimum absolute atomic E-state index is 0.219. The topological polar surface area (TPSA) is 55.4 Å². The maximum absolute atomic E-state index is 14.0. The van der Waals surface area contributed by atoms with Crippen LogP contribution in [0.1, 0.15) is 117 Å². The molecule has 0 aromatic carbocycles. The van der Waals surface area contributed by atoms with E-state index in [4.69, 9.17) is 0 Å². The minimum Gasteiger partial charge on any atom is -0.464 e. The van der Waals surface area contributed by atoms with Crippen molar-refractivity contribution in [1.82, 2.24) is 5.32 Å². The van der Waals surface area contributed by atoms with Gasteiger partial charge in [0.05, 0.1) is 6.61 Å². The molecule has 0 rings (SSSR count). The average molecular weight is 738 g/mol. The van der Waals surface area contributed by atoms with E-state index in [1.54, 1.807) is 0 Å². The minimum atomic E-state index is -8.51. The van der Waals surface area contributed by atoms with Crippen LogP contribution in [0.4, 0.5) is 65.9 Å². The van der Waals surface area contributed by atoms with Crippen LogP contribution in [0.15, 0.2) is 0 Å². The summed E-state index contributed by atoms with van der Waals surface area (Å²) in [5.74, 6) is -53.9. The smallest absolute Gasteiger partial charge is 0.460 e. The quantitative estimate of drug-likeness (QED) is 0.0577. The Balaban J connectivity index is 4.75. The Hall–Kier alpha value is -2.11. The maximum Gasteiger partial charge on any atom is 0.460 e. The highest BCUT2D eigenvalue weighted by molar-refractivity contribution is 5.89. The summed E-state index contributed by atoms with van der Waals surface area (Å²) in [5.41, 5.74) is 0. The third-order valence-corrected chi connectivity index (χ3v) is 7.56. The Bertz CT molecular complexity index is 972. The molecular weight excluding hydrogens is 695 g/mol. The number of carbonyl (C=O) groups excluding carboxylic acids is 2. The van der Waals surface area contributed by atoms with Crippen molar-refractivity contribution in [2.24, 2.45) is 0 Å². The van der Waals surface area contributed by atoms with E-state index in [0.717, 1.165) is 38.5 Å². The lowest BCUT2D eigenvalue weighted by Gasteiger charge is -2.41. The van der Waals surface area contributed by atoms with Crippen molar-refractivity contribution in [3.05, 3.63) is 0 Å². The molecule has 0 aliphatic heterocycles. The number of carbonyl (C=O) groups is 2. The normalized spacial score (nSPS) is 14.6. The average Bonchev–Trinajstić information content (AvgIpc) is 2.97. The molecule has 0 saturated heterocycles. The van der Waals surface area contributed by atoms with Crippen LogP contribution in [0.3, 0.4) is 0 Å². The molecule has 0 fully saturated rings. The molecule has 0 spiro atoms. The third kappa shape index (κ3) is 11.2. The number of hydrogen-bond donors (Lipinski definition) is 1. The number of amides is 1. The summed E-state index contributed by atoms with van der Waals surface area (Å²) in [4.78, 5) is 23.5. The van der Waals surface area contributed by atoms with Gasteiger partial charge in [-0.05, 0) is 13.3 Å². The van der Waals surface area contributed by atoms with Crippen LogP contribution >= 0.6 is 0 Å². The van der Waals surface area contributed by atoms with Crippen molar-refractivity contribution < 1.29 is 80.2 Å². The summed E-state index contributed by atoms with van der Waals surface area (Å²) in [7, 11) is 0. The van der Waals surface area contributed by atoms with Crippen LogP contribution in [0.25, 0.3) is 0 Å². The second-order valence-corrected chi connectivity index (χ2v) is 11.6. The van der Waals surface area contributed by atoms with E-state index < -0.39 is 59.6 Å². The van der Waals surface area contributed by atoms with Gasteiger partial charge in [0.1, 0.15) is 6.04 Å². The standard InChI is InChI=1S/C29H42F15NO3/c1-3-4-5-6-7-8-9-10-11-12-13-14-15-16-17-18-19-48-21(46)20(2)45-22(47)23(30,31)24(32,33)25(34,35)26(36,37)27(38,39)28(40,41)29(42,43)44/h20H,3-19H2,1-2H3,(H,45,47). The zero-order chi connectivity index (χ0) is 37.7. The Labute approximate surface area is 268 Å². The summed E-state index contributed by atoms with van der Waals surface area (Å²) >= 11 is 0. The molecule has 1 amide bonds. The van der Waals surface area contributed by atoms with Gasteiger partial charge >= 0.3 is 47.7 Å². The Morgan fingerprint density at radius 1 is 0.500 bits per heavy atom. The fraction of sp³-hybridized carbons (Fsp3) is 0.931. The molecule has 4 nitrogen and oxygen atoms in total. The first-order valence-corrected chi connectivity index (χ1v) is 15.6. The zero-order valence-electron chi connectivity index (χ0n) is 26.5. The lowest BCUT2D eigenvalue weighted by molar-refractivity contribution is -0.449. The number of rotatable bonds is 25. The highest BCUT2D eigenvalue weighted by Gasteiger charge is 2.94. The van der Waals surface area contributed by atoms with Gasteiger partial charge in [-0.15, -0.1) is 0 Å². The molecule has 0 aliphatic carbocycles. The van der Waals surface area contributed by atoms with Crippen molar-refractivity contribution in [3.8, 4) is 0 Å². The van der Waals surface area contributed by atoms with Gasteiger partial charge in [0.2, 0.25) is 0 Å². The molecule has 1 atom stereocenters. The molecule has 0 bridgehead atoms. The van der Waals surface area contributed by atoms with Crippen LogP contribution in [-0.4, -0.2) is 66.2 Å². The van der Waals surface area contributed by atoms with Crippen LogP contribution in [0.2, 0.25) is 0 Å². The van der Waals surface area contributed by atoms with E-state index in [2.05, 4.69) is 11.7 Å². The third-order valence-electron chi connectivity index (χ3n) is 7.56. The molecule has 48 heavy (non-hydrogen) atoms. The van der Waals surface area contributed by atoms with Gasteiger partial charge in [0, 0.05) is 0 Å². The van der Waals surface area contributed by atoms with Gasteiger partial charge in [0.15, 0.2) is 0 Å². The summed E-state index contributed by atoms with van der Waals surface area (Å²) in [6.45, 7) is 2.28. The van der Waals surface area contributed by atoms with Crippen molar-refractivity contribution in [1.29, 1.82) is 0 Å². The molecule has 0 heterocycles. The van der Waals surface area contributed by atoms with Crippen molar-refractivity contribution >= 4 is 11.9 Å². The van der Waals surface area contributed by atoms with E-state index in [1.165, 1.54) is 51.4 Å². The first-order chi connectivity index (χ1) is 21.8. The molecular formula is C29H42F15NO3. The number of esters is 1. The first-order valence-electron chi connectivity index (χ1n) is 15.6. The molecule has 0 aromatic heterocycles. The highest BCUT2D eigenvalue weighted by Crippen LogP contribution is 2.62. The Morgan fingerprint density at radius 2 is 0.812 bits per heavy atom. The molecule has 1 N–H and O–H groups in total. The molecule has 1 unspecified atom stereocenters. The van der Waals surface area contributed by atoms with E-state index in [9.17, 15) is 75.4 Å². The van der Waals surface area contributed by atoms with E-state index >= 15 is 0 Å². The van der Waals surface area contributed by atoms with Crippen molar-refractivity contribution in [2.45, 2.75) is 164 Å². The highest BCUT2D eigenvalue weighted by atomic mass is 19.4. The first kappa shape index (κ1) is 45.9. The predicted octanol–water partition coefficient (Wildman–Crippen LogP) is 10.7. The van der Waals surface area contributed by atoms with Crippen LogP contribution < -0.4 is 5.32 Å². The monoisotopic (exact) mass is 737 g/mol. The fourth-order valence-electron chi connectivity index (χ4n) is 4.40. The number of unbranched alkanes of at least 4 members (excludes halogenated alkanes) is 15. The molecule has 0 aliphatic rings. The van der Waals surface area contributed by atoms with Gasteiger partial charge in [-0.25, -0.2) is 4.79 Å². The summed E-state index contributed by atoms with van der Waals surface area (Å²) in [6, 6.07) is -2.34. The van der Waals surface area contributed by atoms with E-state index in [0.29, 0.717) is 18.7 Å². The van der Waals surface area contributed by atoms with Gasteiger partial charge in [-0.3, -0.25) is 4.79 Å². The fourth-order valence-corrected chi connectivity index (χ4v) is 4.40. The lowest BCUT2D eigenvalue weighted by atomic mass is 9.90. The van der Waals surface area contributed by atoms with Crippen LogP contribution in [0, 0.1) is 0 Å². The van der Waals surface area contributed by atoms with Crippen molar-refractivity contribution in [3.63, 3.8) is 0 Å². The second-order valence-electron chi connectivity index (χ2n) is 11.6. The molecule has 286 valence electrons. The van der Waals surface area contributed by atoms with Gasteiger partial charge < -0.3 is 10.1 Å². The Morgan fingerprint density at radius 3 is 1.17 bits per heavy atom.